The molecule has 0 radical (unpaired) electrons. The summed E-state index contributed by atoms with van der Waals surface area (Å²) >= 11 is 2.19. The van der Waals surface area contributed by atoms with Crippen LogP contribution in [0.3, 0.4) is 0 Å². The molecular weight excluding hydrogens is 440 g/mol. The zero-order chi connectivity index (χ0) is 17.6. The second-order valence-corrected chi connectivity index (χ2v) is 6.39. The summed E-state index contributed by atoms with van der Waals surface area (Å²) in [5.41, 5.74) is 3.63. The van der Waals surface area contributed by atoms with Gasteiger partial charge in [0.1, 0.15) is 5.75 Å². The molecule has 1 saturated heterocycles. The number of methoxy groups -OCH3 is 1. The molecule has 7 nitrogen and oxygen atoms in total. The van der Waals surface area contributed by atoms with Gasteiger partial charge in [0.2, 0.25) is 5.95 Å². The number of rotatable bonds is 5. The molecule has 1 aromatic heterocycles. The van der Waals surface area contributed by atoms with E-state index in [9.17, 15) is 4.39 Å². The van der Waals surface area contributed by atoms with E-state index in [0.717, 1.165) is 21.1 Å². The average Bonchev–Trinajstić information content (AvgIpc) is 2.64. The number of hydrogen-bond donors (Lipinski definition) is 1. The molecule has 1 aromatic carbocycles. The van der Waals surface area contributed by atoms with Crippen LogP contribution in [0, 0.1) is 9.39 Å². The van der Waals surface area contributed by atoms with E-state index in [1.54, 1.807) is 13.3 Å². The molecule has 132 valence electrons. The Morgan fingerprint density at radius 3 is 2.92 bits per heavy atom. The molecule has 1 N–H and O–H groups in total. The van der Waals surface area contributed by atoms with Gasteiger partial charge in [0.15, 0.2) is 11.6 Å². The van der Waals surface area contributed by atoms with Crippen LogP contribution in [-0.2, 0) is 4.74 Å². The van der Waals surface area contributed by atoms with Crippen molar-refractivity contribution in [2.75, 3.05) is 43.7 Å². The van der Waals surface area contributed by atoms with Crippen LogP contribution in [-0.4, -0.2) is 49.6 Å². The van der Waals surface area contributed by atoms with E-state index in [1.807, 2.05) is 23.1 Å². The number of nitrogens with one attached hydrogen (secondary N) is 1. The van der Waals surface area contributed by atoms with Crippen molar-refractivity contribution < 1.29 is 13.9 Å². The minimum absolute atomic E-state index is 0.238. The predicted octanol–water partition coefficient (Wildman–Crippen LogP) is 2.51. The lowest BCUT2D eigenvalue weighted by atomic mass is 10.2. The molecule has 1 fully saturated rings. The number of anilines is 2. The number of hydrogen-bond acceptors (Lipinski definition) is 7. The molecule has 0 amide bonds. The number of aromatic nitrogens is 2. The van der Waals surface area contributed by atoms with Gasteiger partial charge in [-0.2, -0.15) is 10.1 Å². The molecule has 0 aliphatic carbocycles. The van der Waals surface area contributed by atoms with Gasteiger partial charge in [0.25, 0.3) is 0 Å². The van der Waals surface area contributed by atoms with Crippen molar-refractivity contribution in [3.05, 3.63) is 39.3 Å². The van der Waals surface area contributed by atoms with E-state index in [0.29, 0.717) is 26.3 Å². The topological polar surface area (TPSA) is 71.9 Å². The molecule has 0 spiro atoms. The van der Waals surface area contributed by atoms with E-state index < -0.39 is 5.82 Å². The lowest BCUT2D eigenvalue weighted by Gasteiger charge is -2.27. The van der Waals surface area contributed by atoms with Crippen LogP contribution < -0.4 is 15.1 Å². The van der Waals surface area contributed by atoms with Crippen molar-refractivity contribution in [2.45, 2.75) is 0 Å². The van der Waals surface area contributed by atoms with Crippen molar-refractivity contribution >= 4 is 40.6 Å². The Morgan fingerprint density at radius 2 is 2.20 bits per heavy atom. The maximum atomic E-state index is 14.0. The van der Waals surface area contributed by atoms with Gasteiger partial charge >= 0.3 is 0 Å². The lowest BCUT2D eigenvalue weighted by Crippen LogP contribution is -2.37. The number of halogens is 2. The summed E-state index contributed by atoms with van der Waals surface area (Å²) in [7, 11) is 1.63. The Labute approximate surface area is 158 Å². The van der Waals surface area contributed by atoms with Crippen molar-refractivity contribution in [1.29, 1.82) is 0 Å². The van der Waals surface area contributed by atoms with Crippen LogP contribution in [0.15, 0.2) is 29.5 Å². The Hall–Kier alpha value is -2.01. The highest BCUT2D eigenvalue weighted by Crippen LogP contribution is 2.21. The van der Waals surface area contributed by atoms with Gasteiger partial charge in [-0.25, -0.2) is 14.8 Å². The maximum Gasteiger partial charge on any atom is 0.245 e. The average molecular weight is 457 g/mol. The monoisotopic (exact) mass is 457 g/mol. The fourth-order valence-corrected chi connectivity index (χ4v) is 3.10. The number of hydrazone groups is 1. The summed E-state index contributed by atoms with van der Waals surface area (Å²) in [5.74, 6) is 0.848. The zero-order valence-corrected chi connectivity index (χ0v) is 15.7. The molecule has 2 aromatic rings. The van der Waals surface area contributed by atoms with E-state index >= 15 is 0 Å². The minimum Gasteiger partial charge on any atom is -0.496 e. The molecule has 0 atom stereocenters. The van der Waals surface area contributed by atoms with E-state index in [1.165, 1.54) is 0 Å². The van der Waals surface area contributed by atoms with Crippen LogP contribution in [0.5, 0.6) is 5.75 Å². The van der Waals surface area contributed by atoms with Crippen LogP contribution >= 0.6 is 22.6 Å². The second kappa shape index (κ2) is 8.39. The van der Waals surface area contributed by atoms with Gasteiger partial charge < -0.3 is 14.4 Å². The van der Waals surface area contributed by atoms with Gasteiger partial charge in [0, 0.05) is 13.1 Å². The Bertz CT molecular complexity index is 768. The highest BCUT2D eigenvalue weighted by molar-refractivity contribution is 14.1. The van der Waals surface area contributed by atoms with Crippen molar-refractivity contribution in [3.8, 4) is 5.75 Å². The quantitative estimate of drug-likeness (QED) is 0.423. The Balaban J connectivity index is 1.69. The molecule has 1 aliphatic heterocycles. The molecule has 3 rings (SSSR count). The molecular formula is C16H17FIN5O2. The number of benzene rings is 1. The van der Waals surface area contributed by atoms with E-state index in [-0.39, 0.29) is 11.8 Å². The van der Waals surface area contributed by atoms with Gasteiger partial charge in [-0.1, -0.05) is 0 Å². The normalized spacial score (nSPS) is 14.8. The number of morpholine rings is 1. The first-order valence-electron chi connectivity index (χ1n) is 7.65. The third-order valence-corrected chi connectivity index (χ3v) is 4.43. The van der Waals surface area contributed by atoms with Gasteiger partial charge in [-0.05, 0) is 46.4 Å². The van der Waals surface area contributed by atoms with Crippen LogP contribution in [0.1, 0.15) is 5.56 Å². The standard InChI is InChI=1S/C16H17FIN5O2/c1-24-14-3-2-11(8-13(14)18)9-20-22-16-19-10-12(17)15(21-16)23-4-6-25-7-5-23/h2-3,8-10H,4-7H2,1H3,(H,19,21,22). The lowest BCUT2D eigenvalue weighted by molar-refractivity contribution is 0.122. The van der Waals surface area contributed by atoms with Crippen LogP contribution in [0.25, 0.3) is 0 Å². The highest BCUT2D eigenvalue weighted by atomic mass is 127. The molecule has 0 unspecified atom stereocenters. The summed E-state index contributed by atoms with van der Waals surface area (Å²) in [6, 6.07) is 5.69. The molecule has 0 saturated carbocycles. The third-order valence-electron chi connectivity index (χ3n) is 3.59. The first-order valence-corrected chi connectivity index (χ1v) is 8.73. The summed E-state index contributed by atoms with van der Waals surface area (Å²) in [6.07, 6.45) is 2.79. The highest BCUT2D eigenvalue weighted by Gasteiger charge is 2.17. The van der Waals surface area contributed by atoms with Gasteiger partial charge in [-0.3, -0.25) is 0 Å². The van der Waals surface area contributed by atoms with Crippen molar-refractivity contribution in [2.24, 2.45) is 5.10 Å². The Kier molecular flexibility index (Phi) is 5.97. The van der Waals surface area contributed by atoms with Gasteiger partial charge in [-0.15, -0.1) is 0 Å². The molecule has 0 bridgehead atoms. The predicted molar refractivity (Wildman–Crippen MR) is 102 cm³/mol. The van der Waals surface area contributed by atoms with E-state index in [4.69, 9.17) is 9.47 Å². The second-order valence-electron chi connectivity index (χ2n) is 5.23. The minimum atomic E-state index is -0.457. The number of ether oxygens (including phenoxy) is 2. The fourth-order valence-electron chi connectivity index (χ4n) is 2.34. The molecule has 1 aliphatic rings. The van der Waals surface area contributed by atoms with Crippen molar-refractivity contribution in [1.82, 2.24) is 9.97 Å². The SMILES string of the molecule is COc1ccc(C=NNc2ncc(F)c(N3CCOCC3)n2)cc1I. The Morgan fingerprint density at radius 1 is 1.40 bits per heavy atom. The summed E-state index contributed by atoms with van der Waals surface area (Å²) in [6.45, 7) is 2.31. The van der Waals surface area contributed by atoms with Crippen LogP contribution in [0.4, 0.5) is 16.2 Å². The maximum absolute atomic E-state index is 14.0. The summed E-state index contributed by atoms with van der Waals surface area (Å²) in [5, 5.41) is 4.11. The summed E-state index contributed by atoms with van der Waals surface area (Å²) in [4.78, 5) is 9.96. The van der Waals surface area contributed by atoms with Gasteiger partial charge in [0.05, 0.1) is 36.3 Å². The first-order chi connectivity index (χ1) is 12.2. The zero-order valence-electron chi connectivity index (χ0n) is 13.6. The smallest absolute Gasteiger partial charge is 0.245 e. The molecule has 25 heavy (non-hydrogen) atoms. The largest absolute Gasteiger partial charge is 0.496 e. The molecule has 9 heteroatoms. The van der Waals surface area contributed by atoms with Crippen LogP contribution in [0.2, 0.25) is 0 Å². The molecule has 2 heterocycles. The fraction of sp³-hybridized carbons (Fsp3) is 0.312. The van der Waals surface area contributed by atoms with E-state index in [2.05, 4.69) is 43.1 Å². The number of nitrogens with zero attached hydrogens (tertiary/aromatic N) is 4. The summed E-state index contributed by atoms with van der Waals surface area (Å²) < 4.78 is 25.4. The van der Waals surface area contributed by atoms with Crippen molar-refractivity contribution in [3.63, 3.8) is 0 Å². The third kappa shape index (κ3) is 4.54. The first kappa shape index (κ1) is 17.8.